The van der Waals surface area contributed by atoms with Gasteiger partial charge in [0, 0.05) is 6.07 Å². The Bertz CT molecular complexity index is 629. The van der Waals surface area contributed by atoms with Gasteiger partial charge in [0.1, 0.15) is 11.6 Å². The van der Waals surface area contributed by atoms with Gasteiger partial charge in [-0.2, -0.15) is 0 Å². The van der Waals surface area contributed by atoms with Crippen molar-refractivity contribution in [1.29, 1.82) is 0 Å². The molecule has 0 aliphatic heterocycles. The van der Waals surface area contributed by atoms with E-state index < -0.39 is 0 Å². The van der Waals surface area contributed by atoms with Crippen LogP contribution in [-0.2, 0) is 6.42 Å². The SMILES string of the molecule is NCC#Cc1ccc(OCCCc2ccccc2)cc1F. The molecule has 0 saturated carbocycles. The first-order valence-electron chi connectivity index (χ1n) is 6.95. The molecule has 2 aromatic rings. The molecule has 0 heterocycles. The summed E-state index contributed by atoms with van der Waals surface area (Å²) in [6.07, 6.45) is 1.84. The van der Waals surface area contributed by atoms with Gasteiger partial charge in [-0.1, -0.05) is 42.2 Å². The maximum absolute atomic E-state index is 13.7. The van der Waals surface area contributed by atoms with E-state index in [1.54, 1.807) is 12.1 Å². The van der Waals surface area contributed by atoms with E-state index in [4.69, 9.17) is 10.5 Å². The minimum Gasteiger partial charge on any atom is -0.493 e. The van der Waals surface area contributed by atoms with Gasteiger partial charge in [-0.25, -0.2) is 4.39 Å². The molecule has 2 N–H and O–H groups in total. The molecule has 0 atom stereocenters. The molecule has 0 amide bonds. The highest BCUT2D eigenvalue weighted by atomic mass is 19.1. The summed E-state index contributed by atoms with van der Waals surface area (Å²) in [5, 5.41) is 0. The third kappa shape index (κ3) is 4.94. The fraction of sp³-hybridized carbons (Fsp3) is 0.222. The zero-order valence-electron chi connectivity index (χ0n) is 11.8. The number of rotatable bonds is 5. The van der Waals surface area contributed by atoms with Crippen molar-refractivity contribution in [3.05, 3.63) is 65.5 Å². The molecule has 108 valence electrons. The van der Waals surface area contributed by atoms with Crippen LogP contribution in [0.3, 0.4) is 0 Å². The summed E-state index contributed by atoms with van der Waals surface area (Å²) >= 11 is 0. The minimum absolute atomic E-state index is 0.219. The first kappa shape index (κ1) is 15.1. The molecular formula is C18H18FNO. The number of aryl methyl sites for hydroxylation is 1. The molecule has 0 aromatic heterocycles. The molecule has 0 fully saturated rings. The molecular weight excluding hydrogens is 265 g/mol. The van der Waals surface area contributed by atoms with Crippen LogP contribution in [-0.4, -0.2) is 13.2 Å². The summed E-state index contributed by atoms with van der Waals surface area (Å²) in [6.45, 7) is 0.777. The predicted octanol–water partition coefficient (Wildman–Crippen LogP) is 3.15. The third-order valence-electron chi connectivity index (χ3n) is 2.99. The highest BCUT2D eigenvalue weighted by molar-refractivity contribution is 5.39. The van der Waals surface area contributed by atoms with E-state index in [1.807, 2.05) is 18.2 Å². The molecule has 21 heavy (non-hydrogen) atoms. The van der Waals surface area contributed by atoms with E-state index in [9.17, 15) is 4.39 Å². The standard InChI is InChI=1S/C18H18FNO/c19-18-14-17(11-10-16(18)9-4-12-20)21-13-5-8-15-6-2-1-3-7-15/h1-3,6-7,10-11,14H,5,8,12-13,20H2. The lowest BCUT2D eigenvalue weighted by Gasteiger charge is -2.07. The average molecular weight is 283 g/mol. The van der Waals surface area contributed by atoms with Crippen molar-refractivity contribution >= 4 is 0 Å². The molecule has 0 radical (unpaired) electrons. The molecule has 2 rings (SSSR count). The van der Waals surface area contributed by atoms with Gasteiger partial charge < -0.3 is 10.5 Å². The molecule has 0 bridgehead atoms. The number of hydrogen-bond acceptors (Lipinski definition) is 2. The zero-order valence-corrected chi connectivity index (χ0v) is 11.8. The van der Waals surface area contributed by atoms with Crippen LogP contribution in [0.1, 0.15) is 17.5 Å². The number of ether oxygens (including phenoxy) is 1. The van der Waals surface area contributed by atoms with Crippen molar-refractivity contribution in [2.24, 2.45) is 5.73 Å². The van der Waals surface area contributed by atoms with Gasteiger partial charge in [0.2, 0.25) is 0 Å². The minimum atomic E-state index is -0.378. The molecule has 0 saturated heterocycles. The normalized spacial score (nSPS) is 9.81. The van der Waals surface area contributed by atoms with Crippen LogP contribution in [0.15, 0.2) is 48.5 Å². The summed E-state index contributed by atoms with van der Waals surface area (Å²) in [4.78, 5) is 0. The Morgan fingerprint density at radius 3 is 2.62 bits per heavy atom. The van der Waals surface area contributed by atoms with Crippen molar-refractivity contribution in [3.63, 3.8) is 0 Å². The van der Waals surface area contributed by atoms with Gasteiger partial charge in [0.05, 0.1) is 18.7 Å². The monoisotopic (exact) mass is 283 g/mol. The van der Waals surface area contributed by atoms with Crippen LogP contribution in [0.5, 0.6) is 5.75 Å². The molecule has 2 nitrogen and oxygen atoms in total. The van der Waals surface area contributed by atoms with E-state index in [-0.39, 0.29) is 12.4 Å². The molecule has 0 aliphatic rings. The number of benzene rings is 2. The lowest BCUT2D eigenvalue weighted by atomic mass is 10.1. The zero-order chi connectivity index (χ0) is 14.9. The number of halogens is 1. The molecule has 3 heteroatoms. The van der Waals surface area contributed by atoms with E-state index >= 15 is 0 Å². The van der Waals surface area contributed by atoms with Crippen LogP contribution in [0.2, 0.25) is 0 Å². The first-order valence-corrected chi connectivity index (χ1v) is 6.95. The van der Waals surface area contributed by atoms with Crippen molar-refractivity contribution < 1.29 is 9.13 Å². The Morgan fingerprint density at radius 1 is 1.10 bits per heavy atom. The quantitative estimate of drug-likeness (QED) is 0.676. The maximum Gasteiger partial charge on any atom is 0.142 e. The van der Waals surface area contributed by atoms with E-state index in [0.29, 0.717) is 17.9 Å². The predicted molar refractivity (Wildman–Crippen MR) is 82.6 cm³/mol. The smallest absolute Gasteiger partial charge is 0.142 e. The second kappa shape index (κ2) is 8.08. The first-order chi connectivity index (χ1) is 10.3. The van der Waals surface area contributed by atoms with Crippen LogP contribution in [0.4, 0.5) is 4.39 Å². The Balaban J connectivity index is 1.82. The molecule has 0 aliphatic carbocycles. The highest BCUT2D eigenvalue weighted by Gasteiger charge is 2.02. The van der Waals surface area contributed by atoms with Crippen LogP contribution < -0.4 is 10.5 Å². The number of hydrogen-bond donors (Lipinski definition) is 1. The van der Waals surface area contributed by atoms with Crippen molar-refractivity contribution in [1.82, 2.24) is 0 Å². The highest BCUT2D eigenvalue weighted by Crippen LogP contribution is 2.16. The fourth-order valence-corrected chi connectivity index (χ4v) is 1.94. The van der Waals surface area contributed by atoms with Crippen LogP contribution in [0.25, 0.3) is 0 Å². The van der Waals surface area contributed by atoms with Crippen molar-refractivity contribution in [3.8, 4) is 17.6 Å². The molecule has 0 spiro atoms. The number of nitrogens with two attached hydrogens (primary N) is 1. The van der Waals surface area contributed by atoms with Crippen LogP contribution >= 0.6 is 0 Å². The van der Waals surface area contributed by atoms with E-state index in [0.717, 1.165) is 12.8 Å². The topological polar surface area (TPSA) is 35.2 Å². The summed E-state index contributed by atoms with van der Waals surface area (Å²) in [6, 6.07) is 14.9. The fourth-order valence-electron chi connectivity index (χ4n) is 1.94. The summed E-state index contributed by atoms with van der Waals surface area (Å²) in [5.41, 5.74) is 6.89. The summed E-state index contributed by atoms with van der Waals surface area (Å²) < 4.78 is 19.3. The van der Waals surface area contributed by atoms with Gasteiger partial charge in [0.25, 0.3) is 0 Å². The Hall–Kier alpha value is -2.31. The molecule has 0 unspecified atom stereocenters. The summed E-state index contributed by atoms with van der Waals surface area (Å²) in [7, 11) is 0. The van der Waals surface area contributed by atoms with Gasteiger partial charge in [-0.05, 0) is 30.5 Å². The van der Waals surface area contributed by atoms with Crippen molar-refractivity contribution in [2.45, 2.75) is 12.8 Å². The Kier molecular flexibility index (Phi) is 5.81. The average Bonchev–Trinajstić information content (AvgIpc) is 2.52. The van der Waals surface area contributed by atoms with E-state index in [1.165, 1.54) is 11.6 Å². The lowest BCUT2D eigenvalue weighted by Crippen LogP contribution is -2.00. The van der Waals surface area contributed by atoms with Crippen molar-refractivity contribution in [2.75, 3.05) is 13.2 Å². The lowest BCUT2D eigenvalue weighted by molar-refractivity contribution is 0.309. The summed E-state index contributed by atoms with van der Waals surface area (Å²) in [5.74, 6) is 5.46. The Labute approximate surface area is 124 Å². The Morgan fingerprint density at radius 2 is 1.90 bits per heavy atom. The van der Waals surface area contributed by atoms with E-state index in [2.05, 4.69) is 24.0 Å². The van der Waals surface area contributed by atoms with Gasteiger partial charge >= 0.3 is 0 Å². The van der Waals surface area contributed by atoms with Crippen LogP contribution in [0, 0.1) is 17.7 Å². The largest absolute Gasteiger partial charge is 0.493 e. The van der Waals surface area contributed by atoms with Gasteiger partial charge in [-0.3, -0.25) is 0 Å². The maximum atomic E-state index is 13.7. The second-order valence-corrected chi connectivity index (χ2v) is 4.59. The van der Waals surface area contributed by atoms with Gasteiger partial charge in [0.15, 0.2) is 0 Å². The second-order valence-electron chi connectivity index (χ2n) is 4.59. The van der Waals surface area contributed by atoms with Gasteiger partial charge in [-0.15, -0.1) is 0 Å². The third-order valence-corrected chi connectivity index (χ3v) is 2.99. The molecule has 2 aromatic carbocycles.